The van der Waals surface area contributed by atoms with Gasteiger partial charge in [0.15, 0.2) is 0 Å². The lowest BCUT2D eigenvalue weighted by molar-refractivity contribution is -0.192. The van der Waals surface area contributed by atoms with Crippen molar-refractivity contribution in [3.05, 3.63) is 70.9 Å². The quantitative estimate of drug-likeness (QED) is 0.288. The number of carbonyl (C=O) groups is 2. The molecule has 0 aliphatic rings. The van der Waals surface area contributed by atoms with E-state index in [1.807, 2.05) is 78.8 Å². The lowest BCUT2D eigenvalue weighted by atomic mass is 9.88. The van der Waals surface area contributed by atoms with Crippen molar-refractivity contribution in [1.29, 1.82) is 0 Å². The number of aryl methyl sites for hydroxylation is 1. The van der Waals surface area contributed by atoms with Crippen molar-refractivity contribution in [2.24, 2.45) is 5.41 Å². The summed E-state index contributed by atoms with van der Waals surface area (Å²) in [6.45, 7) is 17.5. The molecule has 0 aliphatic carbocycles. The largest absolute Gasteiger partial charge is 0.490 e. The van der Waals surface area contributed by atoms with Crippen LogP contribution in [0.5, 0.6) is 0 Å². The van der Waals surface area contributed by atoms with Crippen LogP contribution in [0.4, 0.5) is 13.2 Å². The van der Waals surface area contributed by atoms with E-state index in [1.54, 1.807) is 6.08 Å². The van der Waals surface area contributed by atoms with Crippen LogP contribution < -0.4 is 0 Å². The molecule has 0 aliphatic heterocycles. The molecular formula is C31H35ClF3NO5. The van der Waals surface area contributed by atoms with Crippen molar-refractivity contribution in [2.75, 3.05) is 6.61 Å². The molecule has 0 radical (unpaired) electrons. The number of carboxylic acids is 1. The Balaban J connectivity index is 0.000000745. The molecule has 222 valence electrons. The summed E-state index contributed by atoms with van der Waals surface area (Å²) < 4.78 is 44.0. The van der Waals surface area contributed by atoms with Crippen molar-refractivity contribution >= 4 is 40.5 Å². The van der Waals surface area contributed by atoms with E-state index >= 15 is 0 Å². The number of esters is 1. The van der Waals surface area contributed by atoms with Crippen LogP contribution in [0.25, 0.3) is 28.1 Å². The molecule has 0 fully saturated rings. The fourth-order valence-corrected chi connectivity index (χ4v) is 3.99. The third kappa shape index (κ3) is 9.57. The maximum atomic E-state index is 12.6. The molecule has 0 unspecified atom stereocenters. The highest BCUT2D eigenvalue weighted by Gasteiger charge is 2.38. The Labute approximate surface area is 243 Å². The van der Waals surface area contributed by atoms with Gasteiger partial charge in [-0.2, -0.15) is 13.2 Å². The van der Waals surface area contributed by atoms with Gasteiger partial charge in [-0.25, -0.2) is 9.78 Å². The summed E-state index contributed by atoms with van der Waals surface area (Å²) in [5, 5.41) is 8.77. The van der Waals surface area contributed by atoms with Gasteiger partial charge in [-0.05, 0) is 101 Å². The van der Waals surface area contributed by atoms with Gasteiger partial charge < -0.3 is 14.6 Å². The van der Waals surface area contributed by atoms with Gasteiger partial charge in [0.05, 0.1) is 22.2 Å². The summed E-state index contributed by atoms with van der Waals surface area (Å²) in [5.41, 5.74) is 4.58. The number of pyridine rings is 1. The van der Waals surface area contributed by atoms with Crippen molar-refractivity contribution in [1.82, 2.24) is 4.98 Å². The lowest BCUT2D eigenvalue weighted by Gasteiger charge is -2.31. The first-order chi connectivity index (χ1) is 18.7. The SMILES string of the molecule is C=Cc1ccc2c(-c3ccc(Cl)cc3)c([C@@H](COC(=O)C(C)(C)C)OC(C)(C)C)c(C)cc2n1.O=C(O)C(F)(F)F. The molecule has 1 heterocycles. The van der Waals surface area contributed by atoms with E-state index in [1.165, 1.54) is 0 Å². The molecular weight excluding hydrogens is 559 g/mol. The van der Waals surface area contributed by atoms with Gasteiger partial charge in [-0.1, -0.05) is 36.4 Å². The first kappa shape index (κ1) is 33.8. The standard InChI is InChI=1S/C29H34ClNO3.C2HF3O2/c1-9-21-14-15-22-23(31-21)16-18(2)25(26(22)19-10-12-20(30)13-11-19)24(34-29(6,7)8)17-33-27(32)28(3,4)5;3-2(4,5)1(6)7/h9-16,24H,1,17H2,2-8H3;(H,6,7)/t24-;/m1./s1. The molecule has 3 aromatic rings. The van der Waals surface area contributed by atoms with Crippen LogP contribution >= 0.6 is 11.6 Å². The second kappa shape index (κ2) is 13.0. The van der Waals surface area contributed by atoms with Crippen molar-refractivity contribution in [3.63, 3.8) is 0 Å². The zero-order valence-corrected chi connectivity index (χ0v) is 24.9. The fraction of sp³-hybridized carbons (Fsp3) is 0.387. The van der Waals surface area contributed by atoms with Crippen molar-refractivity contribution in [3.8, 4) is 11.1 Å². The Kier molecular flexibility index (Phi) is 10.7. The molecule has 1 aromatic heterocycles. The number of alkyl halides is 3. The summed E-state index contributed by atoms with van der Waals surface area (Å²) in [6.07, 6.45) is -3.82. The van der Waals surface area contributed by atoms with Gasteiger partial charge in [0, 0.05) is 10.4 Å². The molecule has 3 rings (SSSR count). The Hall–Kier alpha value is -3.43. The molecule has 10 heteroatoms. The van der Waals surface area contributed by atoms with E-state index in [2.05, 4.69) is 18.7 Å². The second-order valence-corrected chi connectivity index (χ2v) is 11.8. The number of ether oxygens (including phenoxy) is 2. The summed E-state index contributed by atoms with van der Waals surface area (Å²) in [4.78, 5) is 26.3. The maximum Gasteiger partial charge on any atom is 0.490 e. The minimum absolute atomic E-state index is 0.110. The number of halogens is 4. The molecule has 41 heavy (non-hydrogen) atoms. The predicted octanol–water partition coefficient (Wildman–Crippen LogP) is 8.59. The number of aliphatic carboxylic acids is 1. The van der Waals surface area contributed by atoms with Crippen LogP contribution in [0.3, 0.4) is 0 Å². The van der Waals surface area contributed by atoms with Crippen molar-refractivity contribution < 1.29 is 37.3 Å². The third-order valence-electron chi connectivity index (χ3n) is 5.64. The number of aromatic nitrogens is 1. The van der Waals surface area contributed by atoms with Gasteiger partial charge in [0.25, 0.3) is 0 Å². The average Bonchev–Trinajstić information content (AvgIpc) is 2.84. The highest BCUT2D eigenvalue weighted by Crippen LogP contribution is 2.40. The lowest BCUT2D eigenvalue weighted by Crippen LogP contribution is -2.30. The predicted molar refractivity (Wildman–Crippen MR) is 155 cm³/mol. The Morgan fingerprint density at radius 1 is 1.05 bits per heavy atom. The fourth-order valence-electron chi connectivity index (χ4n) is 3.86. The molecule has 1 N–H and O–H groups in total. The maximum absolute atomic E-state index is 12.6. The van der Waals surface area contributed by atoms with Crippen LogP contribution in [0.1, 0.15) is 64.5 Å². The van der Waals surface area contributed by atoms with Gasteiger partial charge in [0.1, 0.15) is 12.7 Å². The van der Waals surface area contributed by atoms with E-state index in [0.717, 1.165) is 38.9 Å². The zero-order valence-electron chi connectivity index (χ0n) is 24.1. The Bertz CT molecular complexity index is 1400. The van der Waals surface area contributed by atoms with Gasteiger partial charge in [0.2, 0.25) is 0 Å². The average molecular weight is 594 g/mol. The summed E-state index contributed by atoms with van der Waals surface area (Å²) in [7, 11) is 0. The molecule has 0 amide bonds. The topological polar surface area (TPSA) is 85.7 Å². The molecule has 0 saturated carbocycles. The van der Waals surface area contributed by atoms with Crippen LogP contribution in [0.15, 0.2) is 49.0 Å². The highest BCUT2D eigenvalue weighted by atomic mass is 35.5. The molecule has 2 aromatic carbocycles. The minimum Gasteiger partial charge on any atom is -0.475 e. The van der Waals surface area contributed by atoms with E-state index in [9.17, 15) is 18.0 Å². The molecule has 0 bridgehead atoms. The van der Waals surface area contributed by atoms with E-state index in [0.29, 0.717) is 5.02 Å². The third-order valence-corrected chi connectivity index (χ3v) is 5.90. The first-order valence-electron chi connectivity index (χ1n) is 12.7. The van der Waals surface area contributed by atoms with Crippen molar-refractivity contribution in [2.45, 2.75) is 66.3 Å². The number of hydrogen-bond donors (Lipinski definition) is 1. The summed E-state index contributed by atoms with van der Waals surface area (Å²) >= 11 is 6.20. The Morgan fingerprint density at radius 2 is 1.61 bits per heavy atom. The molecule has 0 saturated heterocycles. The van der Waals surface area contributed by atoms with E-state index in [4.69, 9.17) is 36.0 Å². The van der Waals surface area contributed by atoms with Gasteiger partial charge in [-0.3, -0.25) is 4.79 Å². The summed E-state index contributed by atoms with van der Waals surface area (Å²) in [6, 6.07) is 13.8. The smallest absolute Gasteiger partial charge is 0.475 e. The zero-order chi connectivity index (χ0) is 31.3. The van der Waals surface area contributed by atoms with Gasteiger partial charge in [-0.15, -0.1) is 0 Å². The Morgan fingerprint density at radius 3 is 2.07 bits per heavy atom. The van der Waals surface area contributed by atoms with Crippen LogP contribution in [-0.4, -0.2) is 40.4 Å². The second-order valence-electron chi connectivity index (χ2n) is 11.4. The van der Waals surface area contributed by atoms with E-state index in [-0.39, 0.29) is 12.6 Å². The highest BCUT2D eigenvalue weighted by molar-refractivity contribution is 6.30. The number of carboxylic acid groups (broad SMARTS) is 1. The number of fused-ring (bicyclic) bond motifs is 1. The number of rotatable bonds is 6. The first-order valence-corrected chi connectivity index (χ1v) is 13.1. The summed E-state index contributed by atoms with van der Waals surface area (Å²) in [5.74, 6) is -3.02. The van der Waals surface area contributed by atoms with Crippen LogP contribution in [-0.2, 0) is 19.1 Å². The minimum atomic E-state index is -5.08. The number of carbonyl (C=O) groups excluding carboxylic acids is 1. The molecule has 1 atom stereocenters. The van der Waals surface area contributed by atoms with Gasteiger partial charge >= 0.3 is 18.1 Å². The number of benzene rings is 2. The molecule has 6 nitrogen and oxygen atoms in total. The van der Waals surface area contributed by atoms with Crippen LogP contribution in [0, 0.1) is 12.3 Å². The number of nitrogens with zero attached hydrogens (tertiary/aromatic N) is 1. The van der Waals surface area contributed by atoms with Crippen LogP contribution in [0.2, 0.25) is 5.02 Å². The molecule has 0 spiro atoms. The normalized spacial score (nSPS) is 12.8. The monoisotopic (exact) mass is 593 g/mol. The van der Waals surface area contributed by atoms with E-state index < -0.39 is 29.3 Å². The number of hydrogen-bond acceptors (Lipinski definition) is 5.